The third kappa shape index (κ3) is 3.18. The minimum Gasteiger partial charge on any atom is -0.477 e. The van der Waals surface area contributed by atoms with Gasteiger partial charge in [-0.3, -0.25) is 4.79 Å². The molecule has 0 fully saturated rings. The molecule has 1 atom stereocenters. The fourth-order valence-corrected chi connectivity index (χ4v) is 3.88. The Hall–Kier alpha value is -3.16. The van der Waals surface area contributed by atoms with Crippen molar-refractivity contribution in [2.75, 3.05) is 0 Å². The molecule has 29 heavy (non-hydrogen) atoms. The molecule has 8 heteroatoms. The second kappa shape index (κ2) is 6.43. The SMILES string of the molecule is CC(C)(C)C1Cc2c(oc3cc(OC(F)F)ccc23)-c2cc(=O)c(C(=O)O)cn21. The summed E-state index contributed by atoms with van der Waals surface area (Å²) in [6, 6.07) is 5.63. The van der Waals surface area contributed by atoms with Gasteiger partial charge in [0.2, 0.25) is 0 Å². The molecule has 152 valence electrons. The van der Waals surface area contributed by atoms with E-state index in [0.717, 1.165) is 10.9 Å². The van der Waals surface area contributed by atoms with Gasteiger partial charge in [-0.15, -0.1) is 0 Å². The lowest BCUT2D eigenvalue weighted by molar-refractivity contribution is -0.0497. The average Bonchev–Trinajstić information content (AvgIpc) is 2.96. The average molecular weight is 403 g/mol. The summed E-state index contributed by atoms with van der Waals surface area (Å²) < 4.78 is 37.2. The Balaban J connectivity index is 1.97. The Morgan fingerprint density at radius 3 is 2.66 bits per heavy atom. The number of carbonyl (C=O) groups is 1. The number of aromatic carboxylic acids is 1. The van der Waals surface area contributed by atoms with Crippen molar-refractivity contribution >= 4 is 16.9 Å². The fourth-order valence-electron chi connectivity index (χ4n) is 3.88. The quantitative estimate of drug-likeness (QED) is 0.685. The third-order valence-corrected chi connectivity index (χ3v) is 5.27. The zero-order chi connectivity index (χ0) is 21.1. The minimum absolute atomic E-state index is 0.0235. The van der Waals surface area contributed by atoms with Crippen LogP contribution in [0.3, 0.4) is 0 Å². The van der Waals surface area contributed by atoms with Crippen molar-refractivity contribution in [3.8, 4) is 17.2 Å². The molecule has 3 aromatic rings. The summed E-state index contributed by atoms with van der Waals surface area (Å²) in [7, 11) is 0. The molecule has 6 nitrogen and oxygen atoms in total. The summed E-state index contributed by atoms with van der Waals surface area (Å²) in [5.41, 5.74) is 0.505. The van der Waals surface area contributed by atoms with E-state index < -0.39 is 18.0 Å². The van der Waals surface area contributed by atoms with Gasteiger partial charge in [-0.25, -0.2) is 4.79 Å². The van der Waals surface area contributed by atoms with Crippen molar-refractivity contribution < 1.29 is 27.8 Å². The molecule has 1 unspecified atom stereocenters. The largest absolute Gasteiger partial charge is 0.477 e. The summed E-state index contributed by atoms with van der Waals surface area (Å²) in [4.78, 5) is 23.8. The van der Waals surface area contributed by atoms with Gasteiger partial charge in [0.1, 0.15) is 16.9 Å². The van der Waals surface area contributed by atoms with Crippen molar-refractivity contribution in [1.82, 2.24) is 4.57 Å². The second-order valence-corrected chi connectivity index (χ2v) is 8.18. The van der Waals surface area contributed by atoms with Crippen molar-refractivity contribution in [2.24, 2.45) is 5.41 Å². The first-order valence-electron chi connectivity index (χ1n) is 9.06. The van der Waals surface area contributed by atoms with Crippen molar-refractivity contribution in [3.63, 3.8) is 0 Å². The zero-order valence-corrected chi connectivity index (χ0v) is 16.0. The first kappa shape index (κ1) is 19.2. The third-order valence-electron chi connectivity index (χ3n) is 5.27. The Bertz CT molecular complexity index is 1190. The second-order valence-electron chi connectivity index (χ2n) is 8.18. The monoisotopic (exact) mass is 403 g/mol. The van der Waals surface area contributed by atoms with Gasteiger partial charge < -0.3 is 18.8 Å². The van der Waals surface area contributed by atoms with Crippen LogP contribution in [-0.4, -0.2) is 22.3 Å². The zero-order valence-electron chi connectivity index (χ0n) is 16.0. The molecule has 2 aromatic heterocycles. The summed E-state index contributed by atoms with van der Waals surface area (Å²) in [6.07, 6.45) is 1.90. The number of halogens is 2. The molecule has 0 spiro atoms. The van der Waals surface area contributed by atoms with Gasteiger partial charge in [-0.1, -0.05) is 20.8 Å². The highest BCUT2D eigenvalue weighted by Gasteiger charge is 2.36. The number of alkyl halides is 2. The molecule has 1 N–H and O–H groups in total. The molecule has 1 aliphatic rings. The number of pyridine rings is 1. The minimum atomic E-state index is -2.95. The van der Waals surface area contributed by atoms with E-state index in [1.807, 2.05) is 20.8 Å². The maximum atomic E-state index is 12.5. The lowest BCUT2D eigenvalue weighted by Gasteiger charge is -2.37. The van der Waals surface area contributed by atoms with Crippen LogP contribution in [0.25, 0.3) is 22.4 Å². The highest BCUT2D eigenvalue weighted by atomic mass is 19.3. The molecular formula is C21H19F2NO5. The van der Waals surface area contributed by atoms with Crippen molar-refractivity contribution in [1.29, 1.82) is 0 Å². The van der Waals surface area contributed by atoms with Crippen molar-refractivity contribution in [3.05, 3.63) is 51.8 Å². The Labute approximate surface area is 164 Å². The van der Waals surface area contributed by atoms with E-state index in [2.05, 4.69) is 4.74 Å². The maximum absolute atomic E-state index is 12.5. The van der Waals surface area contributed by atoms with Gasteiger partial charge in [-0.05, 0) is 24.0 Å². The summed E-state index contributed by atoms with van der Waals surface area (Å²) >= 11 is 0. The van der Waals surface area contributed by atoms with Gasteiger partial charge in [0.25, 0.3) is 0 Å². The smallest absolute Gasteiger partial charge is 0.387 e. The van der Waals surface area contributed by atoms with Crippen molar-refractivity contribution in [2.45, 2.75) is 39.8 Å². The van der Waals surface area contributed by atoms with Crippen LogP contribution in [0.4, 0.5) is 8.78 Å². The number of aromatic nitrogens is 1. The van der Waals surface area contributed by atoms with Gasteiger partial charge in [-0.2, -0.15) is 8.78 Å². The van der Waals surface area contributed by atoms with E-state index in [9.17, 15) is 23.5 Å². The van der Waals surface area contributed by atoms with Crippen LogP contribution in [0, 0.1) is 5.41 Å². The van der Waals surface area contributed by atoms with Crippen LogP contribution in [0.2, 0.25) is 0 Å². The summed E-state index contributed by atoms with van der Waals surface area (Å²) in [6.45, 7) is 3.14. The Kier molecular flexibility index (Phi) is 4.25. The molecule has 0 saturated heterocycles. The molecule has 0 bridgehead atoms. The van der Waals surface area contributed by atoms with E-state index in [-0.39, 0.29) is 22.8 Å². The molecule has 1 aliphatic heterocycles. The topological polar surface area (TPSA) is 81.7 Å². The van der Waals surface area contributed by atoms with Crippen LogP contribution >= 0.6 is 0 Å². The highest BCUT2D eigenvalue weighted by molar-refractivity contribution is 5.90. The lowest BCUT2D eigenvalue weighted by atomic mass is 9.80. The number of hydrogen-bond acceptors (Lipinski definition) is 4. The highest BCUT2D eigenvalue weighted by Crippen LogP contribution is 2.46. The van der Waals surface area contributed by atoms with Gasteiger partial charge in [0, 0.05) is 35.3 Å². The number of carboxylic acid groups (broad SMARTS) is 1. The number of hydrogen-bond donors (Lipinski definition) is 1. The molecule has 0 amide bonds. The summed E-state index contributed by atoms with van der Waals surface area (Å²) in [5.74, 6) is -0.879. The molecule has 1 aromatic carbocycles. The van der Waals surface area contributed by atoms with Gasteiger partial charge in [0.05, 0.1) is 5.69 Å². The molecule has 0 saturated carbocycles. The number of nitrogens with zero attached hydrogens (tertiary/aromatic N) is 1. The molecule has 0 radical (unpaired) electrons. The van der Waals surface area contributed by atoms with Crippen LogP contribution < -0.4 is 10.2 Å². The standard InChI is InChI=1S/C21H19F2NO5/c1-21(2,3)17-7-12-11-5-4-10(28-20(22)23)6-16(11)29-18(12)14-8-15(25)13(19(26)27)9-24(14)17/h4-6,8-9,17,20H,7H2,1-3H3,(H,26,27). The number of fused-ring (bicyclic) bond motifs is 5. The molecule has 3 heterocycles. The van der Waals surface area contributed by atoms with E-state index in [1.54, 1.807) is 10.6 Å². The normalized spacial score (nSPS) is 16.0. The van der Waals surface area contributed by atoms with Crippen LogP contribution in [0.15, 0.2) is 39.7 Å². The predicted octanol–water partition coefficient (Wildman–Crippen LogP) is 4.70. The number of rotatable bonds is 3. The molecule has 0 aliphatic carbocycles. The Morgan fingerprint density at radius 2 is 2.03 bits per heavy atom. The van der Waals surface area contributed by atoms with Gasteiger partial charge in [0.15, 0.2) is 11.2 Å². The number of benzene rings is 1. The Morgan fingerprint density at radius 1 is 1.31 bits per heavy atom. The number of furan rings is 1. The van der Waals surface area contributed by atoms with Crippen LogP contribution in [0.5, 0.6) is 5.75 Å². The molecular weight excluding hydrogens is 384 g/mol. The van der Waals surface area contributed by atoms with E-state index in [4.69, 9.17) is 4.42 Å². The maximum Gasteiger partial charge on any atom is 0.387 e. The van der Waals surface area contributed by atoms with Crippen LogP contribution in [0.1, 0.15) is 42.7 Å². The molecule has 4 rings (SSSR count). The fraction of sp³-hybridized carbons (Fsp3) is 0.333. The van der Waals surface area contributed by atoms with Crippen LogP contribution in [-0.2, 0) is 6.42 Å². The van der Waals surface area contributed by atoms with Gasteiger partial charge >= 0.3 is 12.6 Å². The van der Waals surface area contributed by atoms with E-state index >= 15 is 0 Å². The lowest BCUT2D eigenvalue weighted by Crippen LogP contribution is -2.32. The number of carboxylic acids is 1. The predicted molar refractivity (Wildman–Crippen MR) is 102 cm³/mol. The first-order valence-corrected chi connectivity index (χ1v) is 9.06. The first-order chi connectivity index (χ1) is 13.6. The number of ether oxygens (including phenoxy) is 1. The van der Waals surface area contributed by atoms with E-state index in [1.165, 1.54) is 24.4 Å². The van der Waals surface area contributed by atoms with E-state index in [0.29, 0.717) is 23.5 Å². The summed E-state index contributed by atoms with van der Waals surface area (Å²) in [5, 5.41) is 10.1.